The topological polar surface area (TPSA) is 153 Å². The molecule has 2 rings (SSSR count). The molecule has 1 atom stereocenters. The molecule has 34 heavy (non-hydrogen) atoms. The molecule has 0 aliphatic carbocycles. The third-order valence-corrected chi connectivity index (χ3v) is 7.30. The van der Waals surface area contributed by atoms with Crippen LogP contribution in [0.4, 0.5) is 11.4 Å². The lowest BCUT2D eigenvalue weighted by Crippen LogP contribution is -2.33. The van der Waals surface area contributed by atoms with Crippen LogP contribution in [0.2, 0.25) is 0 Å². The van der Waals surface area contributed by atoms with Gasteiger partial charge in [-0.3, -0.25) is 19.2 Å². The Bertz CT molecular complexity index is 1260. The third-order valence-electron chi connectivity index (χ3n) is 4.99. The van der Waals surface area contributed by atoms with E-state index < -0.39 is 30.8 Å². The Hall–Kier alpha value is -3.19. The van der Waals surface area contributed by atoms with Crippen molar-refractivity contribution in [2.24, 2.45) is 0 Å². The molecule has 0 spiro atoms. The molecular weight excluding hydrogens is 486 g/mol. The number of nitro benzene ring substituents is 1. The number of anilines is 1. The molecule has 0 radical (unpaired) electrons. The Balaban J connectivity index is 2.07. The summed E-state index contributed by atoms with van der Waals surface area (Å²) in [5, 5.41) is 13.9. The van der Waals surface area contributed by atoms with E-state index in [4.69, 9.17) is 4.74 Å². The van der Waals surface area contributed by atoms with Crippen molar-refractivity contribution >= 4 is 37.1 Å². The van der Waals surface area contributed by atoms with E-state index in [1.54, 1.807) is 19.1 Å². The Morgan fingerprint density at radius 3 is 2.24 bits per heavy atom. The number of nitrogens with zero attached hydrogens (tertiary/aromatic N) is 2. The molecule has 0 aromatic heterocycles. The maximum Gasteiger partial charge on any atom is 0.271 e. The number of carbonyl (C=O) groups excluding carboxylic acids is 1. The minimum absolute atomic E-state index is 0.00494. The number of carbonyl (C=O) groups is 1. The summed E-state index contributed by atoms with van der Waals surface area (Å²) in [6.45, 7) is 1.64. The van der Waals surface area contributed by atoms with Gasteiger partial charge in [0.1, 0.15) is 11.4 Å². The van der Waals surface area contributed by atoms with Crippen molar-refractivity contribution in [3.05, 3.63) is 58.1 Å². The van der Waals surface area contributed by atoms with Gasteiger partial charge in [-0.1, -0.05) is 12.1 Å². The predicted molar refractivity (Wildman–Crippen MR) is 127 cm³/mol. The van der Waals surface area contributed by atoms with Crippen molar-refractivity contribution < 1.29 is 31.3 Å². The maximum atomic E-state index is 12.4. The van der Waals surface area contributed by atoms with Crippen LogP contribution in [0.15, 0.2) is 47.4 Å². The van der Waals surface area contributed by atoms with E-state index in [-0.39, 0.29) is 47.3 Å². The first-order valence-electron chi connectivity index (χ1n) is 10.1. The monoisotopic (exact) mass is 513 g/mol. The molecule has 2 aromatic rings. The second-order valence-corrected chi connectivity index (χ2v) is 11.6. The predicted octanol–water partition coefficient (Wildman–Crippen LogP) is 2.43. The Morgan fingerprint density at radius 1 is 1.12 bits per heavy atom. The zero-order valence-electron chi connectivity index (χ0n) is 19.2. The van der Waals surface area contributed by atoms with E-state index in [0.29, 0.717) is 5.56 Å². The number of nitro groups is 1. The summed E-state index contributed by atoms with van der Waals surface area (Å²) in [6.07, 6.45) is 2.21. The zero-order chi connectivity index (χ0) is 25.7. The van der Waals surface area contributed by atoms with Gasteiger partial charge in [-0.2, -0.15) is 0 Å². The SMILES string of the molecule is COc1ccc([N+](=O)[O-])cc1N(CCCC(=O)N[C@H](C)c1ccc(S(C)(=O)=O)cc1)S(C)(=O)=O. The normalized spacial score (nSPS) is 12.6. The molecule has 1 amide bonds. The third kappa shape index (κ3) is 7.15. The molecule has 2 aromatic carbocycles. The Morgan fingerprint density at radius 2 is 1.74 bits per heavy atom. The molecule has 0 fully saturated rings. The van der Waals surface area contributed by atoms with Crippen LogP contribution in [0.25, 0.3) is 0 Å². The maximum absolute atomic E-state index is 12.4. The number of rotatable bonds is 11. The van der Waals surface area contributed by atoms with Crippen LogP contribution >= 0.6 is 0 Å². The molecule has 0 unspecified atom stereocenters. The van der Waals surface area contributed by atoms with Crippen LogP contribution in [0.5, 0.6) is 5.75 Å². The first-order chi connectivity index (χ1) is 15.7. The summed E-state index contributed by atoms with van der Waals surface area (Å²) in [4.78, 5) is 23.1. The second-order valence-electron chi connectivity index (χ2n) is 7.68. The number of hydrogen-bond donors (Lipinski definition) is 1. The molecule has 0 heterocycles. The molecule has 1 N–H and O–H groups in total. The quantitative estimate of drug-likeness (QED) is 0.355. The number of hydrogen-bond acceptors (Lipinski definition) is 8. The summed E-state index contributed by atoms with van der Waals surface area (Å²) >= 11 is 0. The van der Waals surface area contributed by atoms with E-state index in [0.717, 1.165) is 22.9 Å². The molecule has 0 saturated carbocycles. The number of methoxy groups -OCH3 is 1. The van der Waals surface area contributed by atoms with Crippen molar-refractivity contribution in [3.63, 3.8) is 0 Å². The smallest absolute Gasteiger partial charge is 0.271 e. The van der Waals surface area contributed by atoms with Gasteiger partial charge >= 0.3 is 0 Å². The number of sulfone groups is 1. The lowest BCUT2D eigenvalue weighted by molar-refractivity contribution is -0.384. The highest BCUT2D eigenvalue weighted by Crippen LogP contribution is 2.34. The van der Waals surface area contributed by atoms with Crippen molar-refractivity contribution in [3.8, 4) is 5.75 Å². The van der Waals surface area contributed by atoms with Gasteiger partial charge in [0.25, 0.3) is 5.69 Å². The summed E-state index contributed by atoms with van der Waals surface area (Å²) < 4.78 is 54.0. The van der Waals surface area contributed by atoms with Gasteiger partial charge in [0.05, 0.1) is 29.2 Å². The van der Waals surface area contributed by atoms with Crippen LogP contribution < -0.4 is 14.4 Å². The average Bonchev–Trinajstić information content (AvgIpc) is 2.74. The van der Waals surface area contributed by atoms with Gasteiger partial charge in [-0.05, 0) is 37.1 Å². The van der Waals surface area contributed by atoms with Crippen molar-refractivity contribution in [1.82, 2.24) is 5.32 Å². The van der Waals surface area contributed by atoms with Gasteiger partial charge in [0.15, 0.2) is 9.84 Å². The molecule has 0 bridgehead atoms. The fourth-order valence-corrected chi connectivity index (χ4v) is 4.83. The van der Waals surface area contributed by atoms with Gasteiger partial charge in [-0.25, -0.2) is 16.8 Å². The lowest BCUT2D eigenvalue weighted by atomic mass is 10.1. The highest BCUT2D eigenvalue weighted by atomic mass is 32.2. The largest absolute Gasteiger partial charge is 0.495 e. The summed E-state index contributed by atoms with van der Waals surface area (Å²) in [6, 6.07) is 9.39. The van der Waals surface area contributed by atoms with E-state index in [1.807, 2.05) is 0 Å². The minimum Gasteiger partial charge on any atom is -0.495 e. The number of sulfonamides is 1. The van der Waals surface area contributed by atoms with Crippen molar-refractivity contribution in [2.75, 3.05) is 30.5 Å². The molecule has 0 aliphatic rings. The minimum atomic E-state index is -3.82. The molecule has 13 heteroatoms. The Labute approximate surface area is 198 Å². The average molecular weight is 514 g/mol. The van der Waals surface area contributed by atoms with Crippen LogP contribution in [0.3, 0.4) is 0 Å². The van der Waals surface area contributed by atoms with Crippen LogP contribution in [0, 0.1) is 10.1 Å². The number of nitrogens with one attached hydrogen (secondary N) is 1. The Kier molecular flexibility index (Phi) is 8.61. The highest BCUT2D eigenvalue weighted by Gasteiger charge is 2.24. The summed E-state index contributed by atoms with van der Waals surface area (Å²) in [7, 11) is -5.82. The van der Waals surface area contributed by atoms with Gasteiger partial charge in [0.2, 0.25) is 15.9 Å². The molecule has 11 nitrogen and oxygen atoms in total. The zero-order valence-corrected chi connectivity index (χ0v) is 20.9. The van der Waals surface area contributed by atoms with Gasteiger partial charge in [0, 0.05) is 31.4 Å². The van der Waals surface area contributed by atoms with Crippen molar-refractivity contribution in [1.29, 1.82) is 0 Å². The molecule has 0 aliphatic heterocycles. The summed E-state index contributed by atoms with van der Waals surface area (Å²) in [5.74, 6) is -0.189. The van der Waals surface area contributed by atoms with Crippen LogP contribution in [-0.2, 0) is 24.7 Å². The molecule has 0 saturated heterocycles. The van der Waals surface area contributed by atoms with Crippen LogP contribution in [0.1, 0.15) is 31.4 Å². The number of amides is 1. The first kappa shape index (κ1) is 27.1. The molecular formula is C21H27N3O8S2. The first-order valence-corrected chi connectivity index (χ1v) is 13.9. The van der Waals surface area contributed by atoms with Crippen molar-refractivity contribution in [2.45, 2.75) is 30.7 Å². The van der Waals surface area contributed by atoms with E-state index >= 15 is 0 Å². The fraction of sp³-hybridized carbons (Fsp3) is 0.381. The van der Waals surface area contributed by atoms with Gasteiger partial charge < -0.3 is 10.1 Å². The van der Waals surface area contributed by atoms with E-state index in [9.17, 15) is 31.7 Å². The van der Waals surface area contributed by atoms with Crippen LogP contribution in [-0.4, -0.2) is 53.8 Å². The number of non-ortho nitro benzene ring substituents is 1. The lowest BCUT2D eigenvalue weighted by Gasteiger charge is -2.24. The number of benzene rings is 2. The number of ether oxygens (including phenoxy) is 1. The fourth-order valence-electron chi connectivity index (χ4n) is 3.24. The standard InChI is InChI=1S/C21H27N3O8S2/c1-15(16-7-10-18(11-8-16)33(3,28)29)22-21(25)6-5-13-23(34(4,30)31)19-14-17(24(26)27)9-12-20(19)32-2/h7-12,14-15H,5-6,13H2,1-4H3,(H,22,25)/t15-/m1/s1. The van der Waals surface area contributed by atoms with E-state index in [2.05, 4.69) is 5.32 Å². The summed E-state index contributed by atoms with van der Waals surface area (Å²) in [5.41, 5.74) is 0.427. The molecule has 186 valence electrons. The van der Waals surface area contributed by atoms with Gasteiger partial charge in [-0.15, -0.1) is 0 Å². The second kappa shape index (κ2) is 10.8. The highest BCUT2D eigenvalue weighted by molar-refractivity contribution is 7.92. The van der Waals surface area contributed by atoms with E-state index in [1.165, 1.54) is 31.4 Å².